The number of aromatic nitrogens is 1. The minimum absolute atomic E-state index is 0.133. The molecular formula is C36H37N3O3S2. The molecule has 0 aliphatic heterocycles. The van der Waals surface area contributed by atoms with Crippen molar-refractivity contribution in [2.75, 3.05) is 5.75 Å². The lowest BCUT2D eigenvalue weighted by Gasteiger charge is -2.32. The van der Waals surface area contributed by atoms with Crippen LogP contribution in [0.1, 0.15) is 46.3 Å². The van der Waals surface area contributed by atoms with Crippen molar-refractivity contribution in [2.45, 2.75) is 50.7 Å². The van der Waals surface area contributed by atoms with Crippen molar-refractivity contribution in [2.24, 2.45) is 0 Å². The number of hydrogen-bond donors (Lipinski definition) is 1. The molecule has 0 saturated carbocycles. The second-order valence-electron chi connectivity index (χ2n) is 10.8. The molecule has 0 spiro atoms. The molecule has 8 heteroatoms. The Bertz CT molecular complexity index is 1600. The number of ketones is 1. The van der Waals surface area contributed by atoms with Crippen molar-refractivity contribution in [3.8, 4) is 0 Å². The van der Waals surface area contributed by atoms with E-state index in [1.807, 2.05) is 122 Å². The molecule has 1 aromatic heterocycles. The van der Waals surface area contributed by atoms with Crippen LogP contribution in [-0.4, -0.2) is 43.6 Å². The molecule has 0 fully saturated rings. The van der Waals surface area contributed by atoms with Crippen molar-refractivity contribution < 1.29 is 13.8 Å². The van der Waals surface area contributed by atoms with E-state index in [0.717, 1.165) is 26.9 Å². The topological polar surface area (TPSA) is 79.4 Å². The van der Waals surface area contributed by atoms with Gasteiger partial charge in [-0.1, -0.05) is 116 Å². The highest BCUT2D eigenvalue weighted by atomic mass is 32.2. The number of Topliss-reactive ketones (excluding diaryl/α,β-unsaturated/α-hetero) is 1. The molecule has 3 unspecified atom stereocenters. The van der Waals surface area contributed by atoms with E-state index >= 15 is 0 Å². The minimum atomic E-state index is -1.33. The number of para-hydroxylation sites is 1. The van der Waals surface area contributed by atoms with E-state index in [-0.39, 0.29) is 17.4 Å². The van der Waals surface area contributed by atoms with Gasteiger partial charge in [0, 0.05) is 35.4 Å². The smallest absolute Gasteiger partial charge is 0.238 e. The van der Waals surface area contributed by atoms with Crippen molar-refractivity contribution in [1.82, 2.24) is 15.2 Å². The zero-order valence-corrected chi connectivity index (χ0v) is 26.4. The van der Waals surface area contributed by atoms with Gasteiger partial charge in [0.05, 0.1) is 16.3 Å². The molecule has 5 rings (SSSR count). The fourth-order valence-corrected chi connectivity index (χ4v) is 7.56. The number of hydrogen-bond acceptors (Lipinski definition) is 6. The van der Waals surface area contributed by atoms with E-state index in [1.54, 1.807) is 0 Å². The summed E-state index contributed by atoms with van der Waals surface area (Å²) in [6.07, 6.45) is 1.20. The summed E-state index contributed by atoms with van der Waals surface area (Å²) in [6, 6.07) is 35.9. The van der Waals surface area contributed by atoms with E-state index in [9.17, 15) is 13.8 Å². The van der Waals surface area contributed by atoms with Crippen LogP contribution in [0.5, 0.6) is 0 Å². The molecule has 0 bridgehead atoms. The Balaban J connectivity index is 1.44. The number of nitrogens with zero attached hydrogens (tertiary/aromatic N) is 2. The Morgan fingerprint density at radius 1 is 0.795 bits per heavy atom. The van der Waals surface area contributed by atoms with Crippen LogP contribution in [0.2, 0.25) is 0 Å². The molecule has 4 aromatic carbocycles. The van der Waals surface area contributed by atoms with Crippen molar-refractivity contribution in [1.29, 1.82) is 0 Å². The van der Waals surface area contributed by atoms with Gasteiger partial charge in [-0.2, -0.15) is 0 Å². The predicted octanol–water partition coefficient (Wildman–Crippen LogP) is 6.78. The zero-order chi connectivity index (χ0) is 30.7. The molecule has 1 N–H and O–H groups in total. The number of thiazole rings is 1. The summed E-state index contributed by atoms with van der Waals surface area (Å²) in [4.78, 5) is 34.7. The summed E-state index contributed by atoms with van der Waals surface area (Å²) in [5.74, 6) is -0.0124. The van der Waals surface area contributed by atoms with Crippen LogP contribution in [0, 0.1) is 0 Å². The fraction of sp³-hybridized carbons (Fsp3) is 0.250. The van der Waals surface area contributed by atoms with E-state index in [2.05, 4.69) is 15.2 Å². The molecule has 0 saturated heterocycles. The molecule has 0 radical (unpaired) electrons. The predicted molar refractivity (Wildman–Crippen MR) is 180 cm³/mol. The standard InChI is InChI=1S/C36H37N3O3S2/c1-2-14-31(34(40)36-38-30-21-12-13-22-33(30)43-36)37-35(41)32(26-44(42)25-29-19-10-5-11-20-29)39(23-27-15-6-3-7-16-27)24-28-17-8-4-9-18-28/h3-13,15-22,31-32H,2,14,23-26H2,1H3,(H,37,41). The first kappa shape index (κ1) is 31.4. The van der Waals surface area contributed by atoms with Gasteiger partial charge in [-0.25, -0.2) is 4.98 Å². The van der Waals surface area contributed by atoms with Crippen LogP contribution in [0.4, 0.5) is 0 Å². The van der Waals surface area contributed by atoms with E-state index in [0.29, 0.717) is 36.7 Å². The van der Waals surface area contributed by atoms with Gasteiger partial charge in [-0.05, 0) is 35.2 Å². The second-order valence-corrected chi connectivity index (χ2v) is 13.4. The Morgan fingerprint density at radius 2 is 1.34 bits per heavy atom. The van der Waals surface area contributed by atoms with Crippen molar-refractivity contribution >= 4 is 44.0 Å². The SMILES string of the molecule is CCCC(NC(=O)C(CS(=O)Cc1ccccc1)N(Cc1ccccc1)Cc1ccccc1)C(=O)c1nc2ccccc2s1. The van der Waals surface area contributed by atoms with Gasteiger partial charge >= 0.3 is 0 Å². The summed E-state index contributed by atoms with van der Waals surface area (Å²) < 4.78 is 14.6. The number of nitrogens with one attached hydrogen (secondary N) is 1. The van der Waals surface area contributed by atoms with Gasteiger partial charge in [0.1, 0.15) is 6.04 Å². The van der Waals surface area contributed by atoms with Gasteiger partial charge < -0.3 is 5.32 Å². The quantitative estimate of drug-likeness (QED) is 0.130. The highest BCUT2D eigenvalue weighted by molar-refractivity contribution is 7.84. The summed E-state index contributed by atoms with van der Waals surface area (Å²) in [7, 11) is -1.33. The normalized spacial score (nSPS) is 13.4. The molecule has 3 atom stereocenters. The Kier molecular flexibility index (Phi) is 11.2. The van der Waals surface area contributed by atoms with E-state index in [4.69, 9.17) is 0 Å². The first-order valence-electron chi connectivity index (χ1n) is 14.9. The third-order valence-electron chi connectivity index (χ3n) is 7.43. The molecule has 226 valence electrons. The number of fused-ring (bicyclic) bond motifs is 1. The maximum atomic E-state index is 14.3. The van der Waals surface area contributed by atoms with E-state index < -0.39 is 22.9 Å². The van der Waals surface area contributed by atoms with Crippen molar-refractivity contribution in [3.05, 3.63) is 137 Å². The molecular weight excluding hydrogens is 587 g/mol. The summed E-state index contributed by atoms with van der Waals surface area (Å²) in [5, 5.41) is 3.47. The molecule has 44 heavy (non-hydrogen) atoms. The van der Waals surface area contributed by atoms with Crippen LogP contribution < -0.4 is 5.32 Å². The van der Waals surface area contributed by atoms with Gasteiger partial charge in [0.15, 0.2) is 5.01 Å². The summed E-state index contributed by atoms with van der Waals surface area (Å²) >= 11 is 1.35. The third kappa shape index (κ3) is 8.56. The minimum Gasteiger partial charge on any atom is -0.344 e. The molecule has 5 aromatic rings. The number of carbonyl (C=O) groups excluding carboxylic acids is 2. The molecule has 6 nitrogen and oxygen atoms in total. The number of amides is 1. The maximum Gasteiger partial charge on any atom is 0.238 e. The van der Waals surface area contributed by atoms with Crippen LogP contribution >= 0.6 is 11.3 Å². The molecule has 1 amide bonds. The van der Waals surface area contributed by atoms with Crippen LogP contribution in [0.15, 0.2) is 115 Å². The number of rotatable bonds is 15. The van der Waals surface area contributed by atoms with Crippen LogP contribution in [0.3, 0.4) is 0 Å². The lowest BCUT2D eigenvalue weighted by molar-refractivity contribution is -0.126. The average molecular weight is 624 g/mol. The highest BCUT2D eigenvalue weighted by Gasteiger charge is 2.32. The lowest BCUT2D eigenvalue weighted by Crippen LogP contribution is -2.53. The monoisotopic (exact) mass is 623 g/mol. The third-order valence-corrected chi connectivity index (χ3v) is 9.82. The van der Waals surface area contributed by atoms with Gasteiger partial charge in [0.2, 0.25) is 11.7 Å². The molecule has 0 aliphatic carbocycles. The van der Waals surface area contributed by atoms with Gasteiger partial charge in [0.25, 0.3) is 0 Å². The van der Waals surface area contributed by atoms with Crippen LogP contribution in [-0.2, 0) is 34.4 Å². The number of carbonyl (C=O) groups is 2. The first-order chi connectivity index (χ1) is 21.5. The van der Waals surface area contributed by atoms with Gasteiger partial charge in [-0.15, -0.1) is 11.3 Å². The molecule has 0 aliphatic rings. The zero-order valence-electron chi connectivity index (χ0n) is 24.8. The summed E-state index contributed by atoms with van der Waals surface area (Å²) in [5.41, 5.74) is 3.82. The number of benzene rings is 4. The largest absolute Gasteiger partial charge is 0.344 e. The Morgan fingerprint density at radius 3 is 1.91 bits per heavy atom. The average Bonchev–Trinajstić information content (AvgIpc) is 3.49. The Hall–Kier alpha value is -3.98. The fourth-order valence-electron chi connectivity index (χ4n) is 5.21. The highest BCUT2D eigenvalue weighted by Crippen LogP contribution is 2.24. The Labute approximate surface area is 265 Å². The second kappa shape index (κ2) is 15.7. The van der Waals surface area contributed by atoms with Gasteiger partial charge in [-0.3, -0.25) is 18.7 Å². The lowest BCUT2D eigenvalue weighted by atomic mass is 10.1. The maximum absolute atomic E-state index is 14.3. The molecule has 1 heterocycles. The van der Waals surface area contributed by atoms with E-state index in [1.165, 1.54) is 11.3 Å². The van der Waals surface area contributed by atoms with Crippen LogP contribution in [0.25, 0.3) is 10.2 Å². The first-order valence-corrected chi connectivity index (χ1v) is 17.2. The summed E-state index contributed by atoms with van der Waals surface area (Å²) in [6.45, 7) is 2.97. The van der Waals surface area contributed by atoms with Crippen molar-refractivity contribution in [3.63, 3.8) is 0 Å².